The van der Waals surface area contributed by atoms with Crippen LogP contribution in [0, 0.1) is 11.3 Å². The van der Waals surface area contributed by atoms with Crippen molar-refractivity contribution in [1.82, 2.24) is 4.57 Å². The van der Waals surface area contributed by atoms with E-state index in [1.807, 2.05) is 42.6 Å². The molecule has 1 aromatic heterocycles. The van der Waals surface area contributed by atoms with Crippen LogP contribution in [-0.2, 0) is 24.2 Å². The number of para-hydroxylation sites is 1. The van der Waals surface area contributed by atoms with E-state index in [4.69, 9.17) is 11.0 Å². The largest absolute Gasteiger partial charge is 0.369 e. The molecule has 0 aliphatic heterocycles. The lowest BCUT2D eigenvalue weighted by Gasteiger charge is -2.06. The van der Waals surface area contributed by atoms with Crippen LogP contribution in [0.15, 0.2) is 54.7 Å². The number of amides is 1. The van der Waals surface area contributed by atoms with Crippen molar-refractivity contribution >= 4 is 16.8 Å². The van der Waals surface area contributed by atoms with Gasteiger partial charge in [-0.05, 0) is 22.8 Å². The molecule has 0 aliphatic rings. The Balaban J connectivity index is 1.89. The molecule has 0 saturated heterocycles. The number of carbonyl (C=O) groups excluding carboxylic acids is 1. The number of benzene rings is 2. The number of primary amides is 1. The second-order valence-electron chi connectivity index (χ2n) is 5.59. The van der Waals surface area contributed by atoms with Crippen molar-refractivity contribution in [2.24, 2.45) is 5.73 Å². The number of fused-ring (bicyclic) bond motifs is 1. The number of nitriles is 1. The lowest BCUT2D eigenvalue weighted by molar-refractivity contribution is -0.117. The molecule has 0 radical (unpaired) electrons. The second kappa shape index (κ2) is 6.37. The third kappa shape index (κ3) is 3.24. The Morgan fingerprint density at radius 2 is 1.78 bits per heavy atom. The smallest absolute Gasteiger partial charge is 0.221 e. The zero-order chi connectivity index (χ0) is 16.2. The molecule has 4 heteroatoms. The first kappa shape index (κ1) is 14.9. The lowest BCUT2D eigenvalue weighted by atomic mass is 10.1. The van der Waals surface area contributed by atoms with Crippen LogP contribution in [0.2, 0.25) is 0 Å². The van der Waals surface area contributed by atoms with Crippen LogP contribution in [0.25, 0.3) is 10.9 Å². The summed E-state index contributed by atoms with van der Waals surface area (Å²) >= 11 is 0. The molecule has 23 heavy (non-hydrogen) atoms. The van der Waals surface area contributed by atoms with E-state index < -0.39 is 0 Å². The molecule has 0 atom stereocenters. The van der Waals surface area contributed by atoms with Gasteiger partial charge in [0.2, 0.25) is 5.91 Å². The Kier molecular flexibility index (Phi) is 4.11. The van der Waals surface area contributed by atoms with Gasteiger partial charge in [-0.25, -0.2) is 0 Å². The molecule has 0 unspecified atom stereocenters. The number of hydrogen-bond acceptors (Lipinski definition) is 2. The van der Waals surface area contributed by atoms with Gasteiger partial charge >= 0.3 is 0 Å². The lowest BCUT2D eigenvalue weighted by Crippen LogP contribution is -2.13. The highest BCUT2D eigenvalue weighted by Gasteiger charge is 2.08. The molecular weight excluding hydrogens is 286 g/mol. The molecule has 1 amide bonds. The van der Waals surface area contributed by atoms with Crippen LogP contribution in [0.3, 0.4) is 0 Å². The Morgan fingerprint density at radius 1 is 1.09 bits per heavy atom. The van der Waals surface area contributed by atoms with Crippen LogP contribution >= 0.6 is 0 Å². The maximum Gasteiger partial charge on any atom is 0.221 e. The Hall–Kier alpha value is -3.06. The van der Waals surface area contributed by atoms with Gasteiger partial charge in [-0.2, -0.15) is 5.26 Å². The molecule has 0 aliphatic carbocycles. The van der Waals surface area contributed by atoms with E-state index in [2.05, 4.69) is 22.8 Å². The van der Waals surface area contributed by atoms with Crippen molar-refractivity contribution in [3.8, 4) is 6.07 Å². The SMILES string of the molecule is N#CCc1cn(Cc2ccc(CC(N)=O)cc2)c2ccccc12. The van der Waals surface area contributed by atoms with Crippen molar-refractivity contribution < 1.29 is 4.79 Å². The molecular formula is C19H17N3O. The van der Waals surface area contributed by atoms with Crippen molar-refractivity contribution in [3.05, 3.63) is 71.4 Å². The number of hydrogen-bond donors (Lipinski definition) is 1. The molecule has 0 spiro atoms. The van der Waals surface area contributed by atoms with Crippen molar-refractivity contribution in [3.63, 3.8) is 0 Å². The standard InChI is InChI=1S/C19H17N3O/c20-10-9-16-13-22(18-4-2-1-3-17(16)18)12-15-7-5-14(6-8-15)11-19(21)23/h1-8,13H,9,11-12H2,(H2,21,23). The third-order valence-corrected chi connectivity index (χ3v) is 3.89. The molecule has 1 heterocycles. The molecule has 4 nitrogen and oxygen atoms in total. The molecule has 3 aromatic rings. The van der Waals surface area contributed by atoms with Crippen LogP contribution in [0.1, 0.15) is 16.7 Å². The first-order chi connectivity index (χ1) is 11.2. The van der Waals surface area contributed by atoms with Crippen molar-refractivity contribution in [2.45, 2.75) is 19.4 Å². The molecule has 0 bridgehead atoms. The van der Waals surface area contributed by atoms with E-state index in [9.17, 15) is 4.79 Å². The highest BCUT2D eigenvalue weighted by molar-refractivity contribution is 5.84. The summed E-state index contributed by atoms with van der Waals surface area (Å²) in [5, 5.41) is 10.1. The van der Waals surface area contributed by atoms with Gasteiger partial charge in [0.15, 0.2) is 0 Å². The minimum absolute atomic E-state index is 0.263. The molecule has 0 saturated carbocycles. The highest BCUT2D eigenvalue weighted by Crippen LogP contribution is 2.22. The molecule has 3 rings (SSSR count). The zero-order valence-corrected chi connectivity index (χ0v) is 12.7. The van der Waals surface area contributed by atoms with Gasteiger partial charge in [-0.1, -0.05) is 42.5 Å². The minimum Gasteiger partial charge on any atom is -0.369 e. The molecule has 2 aromatic carbocycles. The fourth-order valence-corrected chi connectivity index (χ4v) is 2.84. The Bertz CT molecular complexity index is 885. The minimum atomic E-state index is -0.324. The zero-order valence-electron chi connectivity index (χ0n) is 12.7. The summed E-state index contributed by atoms with van der Waals surface area (Å²) in [5.41, 5.74) is 9.45. The first-order valence-electron chi connectivity index (χ1n) is 7.47. The second-order valence-corrected chi connectivity index (χ2v) is 5.59. The Morgan fingerprint density at radius 3 is 2.48 bits per heavy atom. The third-order valence-electron chi connectivity index (χ3n) is 3.89. The predicted molar refractivity (Wildman–Crippen MR) is 89.7 cm³/mol. The van der Waals surface area contributed by atoms with Crippen LogP contribution in [0.4, 0.5) is 0 Å². The van der Waals surface area contributed by atoms with Crippen LogP contribution in [-0.4, -0.2) is 10.5 Å². The molecule has 2 N–H and O–H groups in total. The van der Waals surface area contributed by atoms with E-state index in [0.29, 0.717) is 6.42 Å². The summed E-state index contributed by atoms with van der Waals surface area (Å²) in [6.45, 7) is 0.725. The fourth-order valence-electron chi connectivity index (χ4n) is 2.84. The summed E-state index contributed by atoms with van der Waals surface area (Å²) in [7, 11) is 0. The van der Waals surface area contributed by atoms with E-state index >= 15 is 0 Å². The van der Waals surface area contributed by atoms with E-state index in [-0.39, 0.29) is 12.3 Å². The van der Waals surface area contributed by atoms with E-state index in [1.165, 1.54) is 0 Å². The quantitative estimate of drug-likeness (QED) is 0.787. The van der Waals surface area contributed by atoms with E-state index in [1.54, 1.807) is 0 Å². The van der Waals surface area contributed by atoms with Gasteiger partial charge in [0.05, 0.1) is 18.9 Å². The number of nitrogens with zero attached hydrogens (tertiary/aromatic N) is 2. The Labute approximate surface area is 134 Å². The number of nitrogens with two attached hydrogens (primary N) is 1. The van der Waals surface area contributed by atoms with Gasteiger partial charge in [-0.3, -0.25) is 4.79 Å². The maximum absolute atomic E-state index is 10.9. The monoisotopic (exact) mass is 303 g/mol. The van der Waals surface area contributed by atoms with E-state index in [0.717, 1.165) is 34.1 Å². The summed E-state index contributed by atoms with van der Waals surface area (Å²) < 4.78 is 2.16. The average Bonchev–Trinajstić information content (AvgIpc) is 2.88. The fraction of sp³-hybridized carbons (Fsp3) is 0.158. The first-order valence-corrected chi connectivity index (χ1v) is 7.47. The van der Waals surface area contributed by atoms with Gasteiger partial charge in [0.1, 0.15) is 0 Å². The van der Waals surface area contributed by atoms with Crippen LogP contribution in [0.5, 0.6) is 0 Å². The summed E-state index contributed by atoms with van der Waals surface area (Å²) in [6, 6.07) is 18.2. The van der Waals surface area contributed by atoms with Gasteiger partial charge < -0.3 is 10.3 Å². The number of rotatable bonds is 5. The highest BCUT2D eigenvalue weighted by atomic mass is 16.1. The van der Waals surface area contributed by atoms with Crippen molar-refractivity contribution in [1.29, 1.82) is 5.26 Å². The van der Waals surface area contributed by atoms with Crippen LogP contribution < -0.4 is 5.73 Å². The van der Waals surface area contributed by atoms with Gasteiger partial charge in [0, 0.05) is 23.6 Å². The van der Waals surface area contributed by atoms with Gasteiger partial charge in [-0.15, -0.1) is 0 Å². The molecule has 114 valence electrons. The number of aromatic nitrogens is 1. The summed E-state index contributed by atoms with van der Waals surface area (Å²) in [6.07, 6.45) is 2.72. The van der Waals surface area contributed by atoms with Crippen molar-refractivity contribution in [2.75, 3.05) is 0 Å². The predicted octanol–water partition coefficient (Wildman–Crippen LogP) is 2.78. The normalized spacial score (nSPS) is 10.6. The molecule has 0 fully saturated rings. The maximum atomic E-state index is 10.9. The summed E-state index contributed by atoms with van der Waals surface area (Å²) in [5.74, 6) is -0.324. The average molecular weight is 303 g/mol. The van der Waals surface area contributed by atoms with Gasteiger partial charge in [0.25, 0.3) is 0 Å². The summed E-state index contributed by atoms with van der Waals surface area (Å²) in [4.78, 5) is 10.9. The number of carbonyl (C=O) groups is 1. The topological polar surface area (TPSA) is 71.8 Å².